The van der Waals surface area contributed by atoms with Crippen molar-refractivity contribution >= 4 is 5.91 Å². The number of carbonyl (C=O) groups is 1. The van der Waals surface area contributed by atoms with Crippen LogP contribution in [0.1, 0.15) is 17.2 Å². The third kappa shape index (κ3) is 1.86. The average Bonchev–Trinajstić information content (AvgIpc) is 2.43. The summed E-state index contributed by atoms with van der Waals surface area (Å²) in [7, 11) is 0. The Labute approximate surface area is 95.6 Å². The Morgan fingerprint density at radius 3 is 3.00 bits per heavy atom. The number of hydrogen-bond donors (Lipinski definition) is 1. The summed E-state index contributed by atoms with van der Waals surface area (Å²) in [5, 5.41) is 0. The first kappa shape index (κ1) is 10.9. The molecule has 0 radical (unpaired) electrons. The molecule has 1 atom stereocenters. The highest BCUT2D eigenvalue weighted by atomic mass is 16.2. The topological polar surface area (TPSA) is 46.3 Å². The van der Waals surface area contributed by atoms with E-state index in [2.05, 4.69) is 6.58 Å². The SMILES string of the molecule is C=CCN1CCc2ccccc2[C@H](N)C1=O. The lowest BCUT2D eigenvalue weighted by Gasteiger charge is -2.21. The summed E-state index contributed by atoms with van der Waals surface area (Å²) < 4.78 is 0. The molecule has 0 bridgehead atoms. The van der Waals surface area contributed by atoms with E-state index in [0.717, 1.165) is 18.5 Å². The number of nitrogens with two attached hydrogens (primary N) is 1. The van der Waals surface area contributed by atoms with Crippen LogP contribution in [0.2, 0.25) is 0 Å². The van der Waals surface area contributed by atoms with Crippen molar-refractivity contribution in [2.75, 3.05) is 13.1 Å². The van der Waals surface area contributed by atoms with Crippen molar-refractivity contribution in [1.29, 1.82) is 0 Å². The van der Waals surface area contributed by atoms with Gasteiger partial charge in [0.05, 0.1) is 0 Å². The average molecular weight is 216 g/mol. The number of nitrogens with zero attached hydrogens (tertiary/aromatic N) is 1. The summed E-state index contributed by atoms with van der Waals surface area (Å²) in [6.45, 7) is 4.95. The molecule has 3 nitrogen and oxygen atoms in total. The van der Waals surface area contributed by atoms with Crippen LogP contribution in [0, 0.1) is 0 Å². The van der Waals surface area contributed by atoms with Crippen molar-refractivity contribution in [3.05, 3.63) is 48.0 Å². The molecule has 0 saturated heterocycles. The molecule has 0 aliphatic carbocycles. The van der Waals surface area contributed by atoms with Gasteiger partial charge in [0, 0.05) is 13.1 Å². The number of amides is 1. The van der Waals surface area contributed by atoms with Crippen LogP contribution >= 0.6 is 0 Å². The third-order valence-electron chi connectivity index (χ3n) is 2.97. The van der Waals surface area contributed by atoms with Gasteiger partial charge in [0.15, 0.2) is 0 Å². The van der Waals surface area contributed by atoms with Crippen LogP contribution in [0.4, 0.5) is 0 Å². The Balaban J connectivity index is 2.33. The summed E-state index contributed by atoms with van der Waals surface area (Å²) in [6.07, 6.45) is 2.60. The molecule has 3 heteroatoms. The molecule has 1 aliphatic rings. The first-order valence-electron chi connectivity index (χ1n) is 5.47. The van der Waals surface area contributed by atoms with Crippen LogP contribution in [-0.2, 0) is 11.2 Å². The van der Waals surface area contributed by atoms with Crippen molar-refractivity contribution in [2.24, 2.45) is 5.73 Å². The maximum absolute atomic E-state index is 12.1. The van der Waals surface area contributed by atoms with E-state index in [4.69, 9.17) is 5.73 Å². The van der Waals surface area contributed by atoms with E-state index >= 15 is 0 Å². The lowest BCUT2D eigenvalue weighted by Crippen LogP contribution is -2.37. The minimum atomic E-state index is -0.529. The maximum atomic E-state index is 12.1. The van der Waals surface area contributed by atoms with E-state index in [1.807, 2.05) is 24.3 Å². The van der Waals surface area contributed by atoms with Crippen LogP contribution in [0.25, 0.3) is 0 Å². The number of hydrogen-bond acceptors (Lipinski definition) is 2. The summed E-state index contributed by atoms with van der Waals surface area (Å²) in [6, 6.07) is 7.36. The first-order chi connectivity index (χ1) is 7.74. The van der Waals surface area contributed by atoms with Gasteiger partial charge in [-0.05, 0) is 17.5 Å². The zero-order valence-electron chi connectivity index (χ0n) is 9.23. The van der Waals surface area contributed by atoms with Gasteiger partial charge in [0.1, 0.15) is 6.04 Å². The lowest BCUT2D eigenvalue weighted by molar-refractivity contribution is -0.131. The fourth-order valence-electron chi connectivity index (χ4n) is 2.10. The molecule has 1 aromatic carbocycles. The highest BCUT2D eigenvalue weighted by molar-refractivity contribution is 5.84. The van der Waals surface area contributed by atoms with Crippen molar-refractivity contribution in [2.45, 2.75) is 12.5 Å². The summed E-state index contributed by atoms with van der Waals surface area (Å²) >= 11 is 0. The molecule has 1 aliphatic heterocycles. The summed E-state index contributed by atoms with van der Waals surface area (Å²) in [5.41, 5.74) is 8.12. The zero-order chi connectivity index (χ0) is 11.5. The number of benzene rings is 1. The maximum Gasteiger partial charge on any atom is 0.244 e. The molecule has 1 aromatic rings. The van der Waals surface area contributed by atoms with Crippen LogP contribution in [0.5, 0.6) is 0 Å². The molecule has 0 fully saturated rings. The van der Waals surface area contributed by atoms with Gasteiger partial charge in [0.25, 0.3) is 0 Å². The number of rotatable bonds is 2. The standard InChI is InChI=1S/C13H16N2O/c1-2-8-15-9-7-10-5-3-4-6-11(10)12(14)13(15)16/h2-6,12H,1,7-9,14H2/t12-/m0/s1. The molecular formula is C13H16N2O. The van der Waals surface area contributed by atoms with E-state index in [-0.39, 0.29) is 5.91 Å². The molecule has 84 valence electrons. The molecule has 2 rings (SSSR count). The second-order valence-corrected chi connectivity index (χ2v) is 4.00. The van der Waals surface area contributed by atoms with Crippen LogP contribution < -0.4 is 5.73 Å². The molecule has 1 heterocycles. The highest BCUT2D eigenvalue weighted by Crippen LogP contribution is 2.22. The monoisotopic (exact) mass is 216 g/mol. The summed E-state index contributed by atoms with van der Waals surface area (Å²) in [4.78, 5) is 13.8. The predicted molar refractivity (Wildman–Crippen MR) is 63.9 cm³/mol. The number of carbonyl (C=O) groups excluding carboxylic acids is 1. The minimum absolute atomic E-state index is 0.00940. The van der Waals surface area contributed by atoms with E-state index in [1.165, 1.54) is 5.56 Å². The molecule has 0 unspecified atom stereocenters. The predicted octanol–water partition coefficient (Wildman–Crippen LogP) is 1.26. The van der Waals surface area contributed by atoms with Gasteiger partial charge in [-0.15, -0.1) is 6.58 Å². The van der Waals surface area contributed by atoms with Crippen LogP contribution in [0.3, 0.4) is 0 Å². The molecule has 0 aromatic heterocycles. The van der Waals surface area contributed by atoms with Crippen molar-refractivity contribution in [3.63, 3.8) is 0 Å². The minimum Gasteiger partial charge on any atom is -0.337 e. The Morgan fingerprint density at radius 2 is 2.25 bits per heavy atom. The largest absolute Gasteiger partial charge is 0.337 e. The first-order valence-corrected chi connectivity index (χ1v) is 5.47. The lowest BCUT2D eigenvalue weighted by atomic mass is 10.00. The second kappa shape index (κ2) is 4.49. The molecule has 1 amide bonds. The molecule has 0 spiro atoms. The van der Waals surface area contributed by atoms with E-state index in [1.54, 1.807) is 11.0 Å². The Kier molecular flexibility index (Phi) is 3.06. The van der Waals surface area contributed by atoms with Gasteiger partial charge in [-0.2, -0.15) is 0 Å². The van der Waals surface area contributed by atoms with Gasteiger partial charge in [-0.3, -0.25) is 4.79 Å². The molecular weight excluding hydrogens is 200 g/mol. The van der Waals surface area contributed by atoms with Crippen LogP contribution in [-0.4, -0.2) is 23.9 Å². The van der Waals surface area contributed by atoms with Crippen molar-refractivity contribution in [3.8, 4) is 0 Å². The van der Waals surface area contributed by atoms with E-state index in [9.17, 15) is 4.79 Å². The van der Waals surface area contributed by atoms with E-state index < -0.39 is 6.04 Å². The van der Waals surface area contributed by atoms with Gasteiger partial charge >= 0.3 is 0 Å². The molecule has 16 heavy (non-hydrogen) atoms. The normalized spacial score (nSPS) is 20.2. The van der Waals surface area contributed by atoms with Gasteiger partial charge in [-0.1, -0.05) is 30.3 Å². The van der Waals surface area contributed by atoms with Crippen molar-refractivity contribution in [1.82, 2.24) is 4.90 Å². The third-order valence-corrected chi connectivity index (χ3v) is 2.97. The van der Waals surface area contributed by atoms with Gasteiger partial charge in [-0.25, -0.2) is 0 Å². The fourth-order valence-corrected chi connectivity index (χ4v) is 2.10. The Morgan fingerprint density at radius 1 is 1.50 bits per heavy atom. The van der Waals surface area contributed by atoms with Crippen molar-refractivity contribution < 1.29 is 4.79 Å². The smallest absolute Gasteiger partial charge is 0.244 e. The summed E-state index contributed by atoms with van der Waals surface area (Å²) in [5.74, 6) is -0.00940. The highest BCUT2D eigenvalue weighted by Gasteiger charge is 2.26. The Hall–Kier alpha value is -1.61. The van der Waals surface area contributed by atoms with E-state index in [0.29, 0.717) is 6.54 Å². The van der Waals surface area contributed by atoms with Gasteiger partial charge in [0.2, 0.25) is 5.91 Å². The molecule has 2 N–H and O–H groups in total. The van der Waals surface area contributed by atoms with Gasteiger partial charge < -0.3 is 10.6 Å². The van der Waals surface area contributed by atoms with Crippen LogP contribution in [0.15, 0.2) is 36.9 Å². The number of fused-ring (bicyclic) bond motifs is 1. The Bertz CT molecular complexity index is 414. The quantitative estimate of drug-likeness (QED) is 0.756. The molecule has 0 saturated carbocycles. The zero-order valence-corrected chi connectivity index (χ0v) is 9.23. The fraction of sp³-hybridized carbons (Fsp3) is 0.308. The second-order valence-electron chi connectivity index (χ2n) is 4.00.